The zero-order valence-corrected chi connectivity index (χ0v) is 16.6. The van der Waals surface area contributed by atoms with Gasteiger partial charge in [-0.05, 0) is 50.8 Å². The Kier molecular flexibility index (Phi) is 6.02. The van der Waals surface area contributed by atoms with E-state index in [1.165, 1.54) is 4.90 Å². The summed E-state index contributed by atoms with van der Waals surface area (Å²) in [7, 11) is -6.08. The fourth-order valence-corrected chi connectivity index (χ4v) is 3.09. The Hall–Kier alpha value is -2.57. The summed E-state index contributed by atoms with van der Waals surface area (Å²) in [5, 5.41) is 11.2. The Labute approximate surface area is 164 Å². The Balaban J connectivity index is 2.34. The molecule has 1 aliphatic heterocycles. The summed E-state index contributed by atoms with van der Waals surface area (Å²) >= 11 is 0. The zero-order chi connectivity index (χ0) is 22.2. The summed E-state index contributed by atoms with van der Waals surface area (Å²) in [5.74, 6) is -1.03. The lowest BCUT2D eigenvalue weighted by atomic mass is 10.0. The minimum atomic E-state index is -6.08. The maximum atomic E-state index is 12.6. The maximum absolute atomic E-state index is 12.6. The predicted octanol–water partition coefficient (Wildman–Crippen LogP) is 3.16. The van der Waals surface area contributed by atoms with Gasteiger partial charge in [0.05, 0.1) is 4.92 Å². The number of carbonyl (C=O) groups excluding carboxylic acids is 1. The van der Waals surface area contributed by atoms with E-state index in [9.17, 15) is 36.5 Å². The molecule has 162 valence electrons. The third kappa shape index (κ3) is 5.49. The van der Waals surface area contributed by atoms with Crippen LogP contribution in [0.4, 0.5) is 23.7 Å². The molecule has 1 aromatic rings. The topological polar surface area (TPSA) is 116 Å². The Morgan fingerprint density at radius 2 is 1.66 bits per heavy atom. The van der Waals surface area contributed by atoms with Crippen LogP contribution >= 0.6 is 0 Å². The van der Waals surface area contributed by atoms with Crippen molar-refractivity contribution in [3.63, 3.8) is 0 Å². The highest BCUT2D eigenvalue weighted by molar-refractivity contribution is 7.88. The van der Waals surface area contributed by atoms with Gasteiger partial charge in [-0.2, -0.15) is 21.6 Å². The van der Waals surface area contributed by atoms with Crippen molar-refractivity contribution in [2.24, 2.45) is 0 Å². The number of benzene rings is 1. The van der Waals surface area contributed by atoms with E-state index in [0.29, 0.717) is 11.1 Å². The number of carbonyl (C=O) groups is 1. The van der Waals surface area contributed by atoms with Gasteiger partial charge in [-0.15, -0.1) is 0 Å². The second-order valence-corrected chi connectivity index (χ2v) is 8.83. The van der Waals surface area contributed by atoms with Crippen LogP contribution in [0.1, 0.15) is 31.9 Å². The van der Waals surface area contributed by atoms with Crippen LogP contribution in [0.25, 0.3) is 0 Å². The Bertz CT molecular complexity index is 924. The van der Waals surface area contributed by atoms with Gasteiger partial charge in [0.15, 0.2) is 0 Å². The molecule has 13 heteroatoms. The van der Waals surface area contributed by atoms with E-state index in [0.717, 1.165) is 12.1 Å². The first-order valence-corrected chi connectivity index (χ1v) is 9.80. The number of alkyl halides is 3. The van der Waals surface area contributed by atoms with E-state index in [1.54, 1.807) is 20.8 Å². The van der Waals surface area contributed by atoms with Crippen molar-refractivity contribution in [1.29, 1.82) is 0 Å². The largest absolute Gasteiger partial charge is 0.534 e. The van der Waals surface area contributed by atoms with Crippen molar-refractivity contribution in [2.45, 2.75) is 44.7 Å². The molecule has 1 aliphatic rings. The number of hydrogen-bond acceptors (Lipinski definition) is 7. The second-order valence-electron chi connectivity index (χ2n) is 7.30. The monoisotopic (exact) mass is 440 g/mol. The number of halogens is 3. The molecule has 1 aromatic carbocycles. The van der Waals surface area contributed by atoms with Gasteiger partial charge in [0.25, 0.3) is 0 Å². The molecule has 0 radical (unpaired) electrons. The van der Waals surface area contributed by atoms with Crippen molar-refractivity contribution in [2.75, 3.05) is 13.1 Å². The number of fused-ring (bicyclic) bond motifs is 1. The molecular formula is C16H19F3N2O7S. The summed E-state index contributed by atoms with van der Waals surface area (Å²) < 4.78 is 69.6. The van der Waals surface area contributed by atoms with Crippen LogP contribution in [-0.4, -0.2) is 48.5 Å². The van der Waals surface area contributed by atoms with Crippen LogP contribution in [0.3, 0.4) is 0 Å². The molecule has 29 heavy (non-hydrogen) atoms. The van der Waals surface area contributed by atoms with Crippen LogP contribution in [0, 0.1) is 10.1 Å². The maximum Gasteiger partial charge on any atom is 0.534 e. The summed E-state index contributed by atoms with van der Waals surface area (Å²) in [4.78, 5) is 23.8. The van der Waals surface area contributed by atoms with Crippen LogP contribution < -0.4 is 4.18 Å². The molecule has 0 spiro atoms. The molecule has 0 aliphatic carbocycles. The minimum absolute atomic E-state index is 0.120. The lowest BCUT2D eigenvalue weighted by Crippen LogP contribution is -2.38. The molecule has 0 atom stereocenters. The van der Waals surface area contributed by atoms with Gasteiger partial charge in [0.1, 0.15) is 5.60 Å². The lowest BCUT2D eigenvalue weighted by molar-refractivity contribution is -0.385. The Morgan fingerprint density at radius 1 is 1.14 bits per heavy atom. The van der Waals surface area contributed by atoms with Gasteiger partial charge in [-0.3, -0.25) is 10.1 Å². The van der Waals surface area contributed by atoms with Crippen LogP contribution in [-0.2, 0) is 27.7 Å². The minimum Gasteiger partial charge on any atom is -0.444 e. The molecule has 0 aromatic heterocycles. The number of nitro groups is 1. The number of ether oxygens (including phenoxy) is 1. The molecule has 1 heterocycles. The van der Waals surface area contributed by atoms with Gasteiger partial charge < -0.3 is 13.8 Å². The van der Waals surface area contributed by atoms with Crippen LogP contribution in [0.2, 0.25) is 0 Å². The van der Waals surface area contributed by atoms with Crippen molar-refractivity contribution in [1.82, 2.24) is 4.90 Å². The van der Waals surface area contributed by atoms with Gasteiger partial charge in [0, 0.05) is 19.2 Å². The molecule has 0 saturated carbocycles. The van der Waals surface area contributed by atoms with Gasteiger partial charge in [0.2, 0.25) is 5.75 Å². The molecule has 1 amide bonds. The second kappa shape index (κ2) is 7.69. The molecule has 0 saturated heterocycles. The fraction of sp³-hybridized carbons (Fsp3) is 0.562. The first kappa shape index (κ1) is 22.7. The molecular weight excluding hydrogens is 421 g/mol. The molecule has 9 nitrogen and oxygen atoms in total. The van der Waals surface area contributed by atoms with Crippen LogP contribution in [0.5, 0.6) is 5.75 Å². The van der Waals surface area contributed by atoms with Crippen molar-refractivity contribution in [3.8, 4) is 5.75 Å². The third-order valence-electron chi connectivity index (χ3n) is 3.91. The molecule has 0 bridgehead atoms. The average molecular weight is 440 g/mol. The number of nitro benzene ring substituents is 1. The van der Waals surface area contributed by atoms with E-state index in [-0.39, 0.29) is 25.9 Å². The summed E-state index contributed by atoms with van der Waals surface area (Å²) in [6, 6.07) is 1.87. The Morgan fingerprint density at radius 3 is 2.10 bits per heavy atom. The number of nitrogens with zero attached hydrogens (tertiary/aromatic N) is 2. The highest BCUT2D eigenvalue weighted by Gasteiger charge is 2.49. The lowest BCUT2D eigenvalue weighted by Gasteiger charge is -2.26. The van der Waals surface area contributed by atoms with E-state index in [1.807, 2.05) is 0 Å². The van der Waals surface area contributed by atoms with Crippen molar-refractivity contribution >= 4 is 21.9 Å². The van der Waals surface area contributed by atoms with Crippen molar-refractivity contribution < 1.29 is 40.2 Å². The van der Waals surface area contributed by atoms with E-state index in [2.05, 4.69) is 4.18 Å². The molecule has 0 N–H and O–H groups in total. The van der Waals surface area contributed by atoms with Crippen LogP contribution in [0.15, 0.2) is 12.1 Å². The van der Waals surface area contributed by atoms with Gasteiger partial charge in [-0.1, -0.05) is 0 Å². The number of rotatable bonds is 3. The highest BCUT2D eigenvalue weighted by atomic mass is 32.2. The van der Waals surface area contributed by atoms with E-state index < -0.39 is 43.7 Å². The molecule has 2 rings (SSSR count). The van der Waals surface area contributed by atoms with Crippen molar-refractivity contribution in [3.05, 3.63) is 33.4 Å². The standard InChI is InChI=1S/C16H19F3N2O7S/c1-15(2,3)27-14(22)20-6-4-10-8-12(21(23)24)13(9-11(10)5-7-20)28-29(25,26)16(17,18)19/h8-9H,4-7H2,1-3H3. The van der Waals surface area contributed by atoms with E-state index in [4.69, 9.17) is 4.74 Å². The zero-order valence-electron chi connectivity index (χ0n) is 15.8. The summed E-state index contributed by atoms with van der Waals surface area (Å²) in [6.07, 6.45) is -0.313. The molecule has 0 fully saturated rings. The predicted molar refractivity (Wildman–Crippen MR) is 93.9 cm³/mol. The first-order valence-electron chi connectivity index (χ1n) is 8.39. The number of hydrogen-bond donors (Lipinski definition) is 0. The fourth-order valence-electron chi connectivity index (χ4n) is 2.63. The summed E-state index contributed by atoms with van der Waals surface area (Å²) in [5.41, 5.74) is -6.64. The number of amides is 1. The third-order valence-corrected chi connectivity index (χ3v) is 4.88. The average Bonchev–Trinajstić information content (AvgIpc) is 2.73. The smallest absolute Gasteiger partial charge is 0.444 e. The highest BCUT2D eigenvalue weighted by Crippen LogP contribution is 2.36. The quantitative estimate of drug-likeness (QED) is 0.307. The van der Waals surface area contributed by atoms with Gasteiger partial charge in [-0.25, -0.2) is 4.79 Å². The van der Waals surface area contributed by atoms with Gasteiger partial charge >= 0.3 is 27.4 Å². The molecule has 0 unspecified atom stereocenters. The SMILES string of the molecule is CC(C)(C)OC(=O)N1CCc2cc(OS(=O)(=O)C(F)(F)F)c([N+](=O)[O-])cc2CC1. The summed E-state index contributed by atoms with van der Waals surface area (Å²) in [6.45, 7) is 5.36. The first-order chi connectivity index (χ1) is 13.1. The van der Waals surface area contributed by atoms with E-state index >= 15 is 0 Å². The normalized spacial score (nSPS) is 15.3.